The van der Waals surface area contributed by atoms with Crippen LogP contribution in [0.5, 0.6) is 0 Å². The molecule has 0 amide bonds. The first-order chi connectivity index (χ1) is 5.34. The molecule has 0 aromatic heterocycles. The lowest BCUT2D eigenvalue weighted by Crippen LogP contribution is -1.95. The second-order valence-electron chi connectivity index (χ2n) is 1.94. The topological polar surface area (TPSA) is 29.5 Å². The smallest absolute Gasteiger partial charge is 0.156 e. The fourth-order valence-corrected chi connectivity index (χ4v) is 0.828. The maximum Gasteiger partial charge on any atom is 0.156 e. The van der Waals surface area contributed by atoms with E-state index in [-0.39, 0.29) is 5.76 Å². The van der Waals surface area contributed by atoms with Crippen molar-refractivity contribution in [2.24, 2.45) is 0 Å². The molecule has 0 unspecified atom stereocenters. The summed E-state index contributed by atoms with van der Waals surface area (Å²) in [7, 11) is 1.56. The van der Waals surface area contributed by atoms with E-state index in [2.05, 4.69) is 0 Å². The van der Waals surface area contributed by atoms with Crippen LogP contribution in [0.2, 0.25) is 0 Å². The van der Waals surface area contributed by atoms with Crippen molar-refractivity contribution in [3.05, 3.63) is 23.7 Å². The molecule has 1 N–H and O–H groups in total. The molecule has 0 bridgehead atoms. The molecule has 0 spiro atoms. The van der Waals surface area contributed by atoms with Gasteiger partial charge >= 0.3 is 0 Å². The van der Waals surface area contributed by atoms with Gasteiger partial charge in [-0.2, -0.15) is 0 Å². The van der Waals surface area contributed by atoms with Crippen LogP contribution in [0.1, 0.15) is 26.7 Å². The minimum atomic E-state index is 0.267. The molecule has 0 saturated carbocycles. The monoisotopic (exact) mass is 156 g/mol. The van der Waals surface area contributed by atoms with Crippen LogP contribution in [0, 0.1) is 0 Å². The highest BCUT2D eigenvalue weighted by molar-refractivity contribution is 5.21. The highest BCUT2D eigenvalue weighted by Gasteiger charge is 2.04. The first-order valence-corrected chi connectivity index (χ1v) is 3.98. The van der Waals surface area contributed by atoms with E-state index in [1.165, 1.54) is 0 Å². The number of allylic oxidation sites excluding steroid dienone is 2. The molecule has 1 aliphatic rings. The molecule has 0 aliphatic heterocycles. The summed E-state index contributed by atoms with van der Waals surface area (Å²) in [5.74, 6) is 0.866. The third-order valence-corrected chi connectivity index (χ3v) is 1.31. The van der Waals surface area contributed by atoms with E-state index in [0.717, 1.165) is 12.8 Å². The lowest BCUT2D eigenvalue weighted by atomic mass is 10.1. The molecule has 0 aromatic carbocycles. The van der Waals surface area contributed by atoms with E-state index >= 15 is 0 Å². The fourth-order valence-electron chi connectivity index (χ4n) is 0.828. The molecule has 11 heavy (non-hydrogen) atoms. The number of ether oxygens (including phenoxy) is 1. The van der Waals surface area contributed by atoms with Crippen LogP contribution in [0.15, 0.2) is 23.7 Å². The van der Waals surface area contributed by atoms with Gasteiger partial charge in [-0.05, 0) is 25.0 Å². The van der Waals surface area contributed by atoms with E-state index in [1.54, 1.807) is 13.2 Å². The van der Waals surface area contributed by atoms with Gasteiger partial charge in [-0.1, -0.05) is 13.8 Å². The van der Waals surface area contributed by atoms with Gasteiger partial charge in [0.15, 0.2) is 11.5 Å². The summed E-state index contributed by atoms with van der Waals surface area (Å²) in [6, 6.07) is 0. The Morgan fingerprint density at radius 1 is 1.27 bits per heavy atom. The Bertz CT molecular complexity index is 157. The second-order valence-corrected chi connectivity index (χ2v) is 1.94. The number of aliphatic hydroxyl groups is 1. The Balaban J connectivity index is 0.000000461. The van der Waals surface area contributed by atoms with Gasteiger partial charge in [-0.25, -0.2) is 0 Å². The number of methoxy groups -OCH3 is 1. The van der Waals surface area contributed by atoms with Gasteiger partial charge in [0.25, 0.3) is 0 Å². The van der Waals surface area contributed by atoms with Gasteiger partial charge in [0.05, 0.1) is 7.11 Å². The molecule has 0 radical (unpaired) electrons. The number of rotatable bonds is 1. The van der Waals surface area contributed by atoms with Crippen molar-refractivity contribution in [3.8, 4) is 0 Å². The van der Waals surface area contributed by atoms with Crippen LogP contribution in [0.4, 0.5) is 0 Å². The van der Waals surface area contributed by atoms with Crippen LogP contribution in [-0.2, 0) is 4.74 Å². The molecule has 0 fully saturated rings. The average Bonchev–Trinajstić information content (AvgIpc) is 2.09. The highest BCUT2D eigenvalue weighted by Crippen LogP contribution is 2.15. The Morgan fingerprint density at radius 2 is 1.82 bits per heavy atom. The molecule has 0 atom stereocenters. The molecular formula is C9H16O2. The Morgan fingerprint density at radius 3 is 2.18 bits per heavy atom. The molecule has 0 saturated heterocycles. The minimum Gasteiger partial charge on any atom is -0.504 e. The summed E-state index contributed by atoms with van der Waals surface area (Å²) >= 11 is 0. The maximum absolute atomic E-state index is 9.04. The summed E-state index contributed by atoms with van der Waals surface area (Å²) in [5.41, 5.74) is 0. The number of hydrogen-bond acceptors (Lipinski definition) is 2. The van der Waals surface area contributed by atoms with Gasteiger partial charge < -0.3 is 9.84 Å². The zero-order valence-corrected chi connectivity index (χ0v) is 7.42. The molecule has 0 aromatic rings. The van der Waals surface area contributed by atoms with Crippen molar-refractivity contribution in [1.82, 2.24) is 0 Å². The fraction of sp³-hybridized carbons (Fsp3) is 0.556. The van der Waals surface area contributed by atoms with Gasteiger partial charge in [-0.3, -0.25) is 0 Å². The Labute approximate surface area is 68.2 Å². The number of aliphatic hydroxyl groups excluding tert-OH is 1. The van der Waals surface area contributed by atoms with Crippen molar-refractivity contribution in [2.45, 2.75) is 26.7 Å². The molecular weight excluding hydrogens is 140 g/mol. The quantitative estimate of drug-likeness (QED) is 0.632. The normalized spacial score (nSPS) is 15.5. The first kappa shape index (κ1) is 10.1. The van der Waals surface area contributed by atoms with E-state index in [4.69, 9.17) is 9.84 Å². The van der Waals surface area contributed by atoms with Crippen molar-refractivity contribution < 1.29 is 9.84 Å². The van der Waals surface area contributed by atoms with Crippen LogP contribution < -0.4 is 0 Å². The first-order valence-electron chi connectivity index (χ1n) is 3.98. The lowest BCUT2D eigenvalue weighted by Gasteiger charge is -2.08. The van der Waals surface area contributed by atoms with Crippen LogP contribution in [-0.4, -0.2) is 12.2 Å². The molecule has 64 valence electrons. The van der Waals surface area contributed by atoms with Gasteiger partial charge in [0.1, 0.15) is 0 Å². The summed E-state index contributed by atoms with van der Waals surface area (Å²) in [4.78, 5) is 0. The molecule has 1 aliphatic carbocycles. The third kappa shape index (κ3) is 3.12. The average molecular weight is 156 g/mol. The SMILES string of the molecule is CC.COC1=CCCC=C1O. The van der Waals surface area contributed by atoms with Crippen molar-refractivity contribution in [3.63, 3.8) is 0 Å². The van der Waals surface area contributed by atoms with E-state index in [9.17, 15) is 0 Å². The van der Waals surface area contributed by atoms with E-state index in [1.807, 2.05) is 19.9 Å². The zero-order valence-electron chi connectivity index (χ0n) is 7.42. The summed E-state index contributed by atoms with van der Waals surface area (Å²) < 4.78 is 4.85. The van der Waals surface area contributed by atoms with Gasteiger partial charge in [0, 0.05) is 0 Å². The van der Waals surface area contributed by atoms with Gasteiger partial charge in [0.2, 0.25) is 0 Å². The van der Waals surface area contributed by atoms with Gasteiger partial charge in [-0.15, -0.1) is 0 Å². The predicted molar refractivity (Wildman–Crippen MR) is 46.4 cm³/mol. The lowest BCUT2D eigenvalue weighted by molar-refractivity contribution is 0.251. The Kier molecular flexibility index (Phi) is 5.35. The molecule has 2 nitrogen and oxygen atoms in total. The molecule has 0 heterocycles. The van der Waals surface area contributed by atoms with E-state index < -0.39 is 0 Å². The van der Waals surface area contributed by atoms with E-state index in [0.29, 0.717) is 5.76 Å². The van der Waals surface area contributed by atoms with Crippen molar-refractivity contribution in [2.75, 3.05) is 7.11 Å². The standard InChI is InChI=1S/C7H10O2.C2H6/c1-9-7-5-3-2-4-6(7)8;1-2/h4-5,8H,2-3H2,1H3;1-2H3. The zero-order chi connectivity index (χ0) is 8.69. The van der Waals surface area contributed by atoms with Crippen LogP contribution in [0.3, 0.4) is 0 Å². The minimum absolute atomic E-state index is 0.267. The van der Waals surface area contributed by atoms with Crippen LogP contribution >= 0.6 is 0 Å². The highest BCUT2D eigenvalue weighted by atomic mass is 16.5. The van der Waals surface area contributed by atoms with Crippen molar-refractivity contribution in [1.29, 1.82) is 0 Å². The third-order valence-electron chi connectivity index (χ3n) is 1.31. The second kappa shape index (κ2) is 5.83. The largest absolute Gasteiger partial charge is 0.504 e. The van der Waals surface area contributed by atoms with Crippen LogP contribution in [0.25, 0.3) is 0 Å². The predicted octanol–water partition coefficient (Wildman–Crippen LogP) is 2.78. The summed E-state index contributed by atoms with van der Waals surface area (Å²) in [5, 5.41) is 9.04. The van der Waals surface area contributed by atoms with Crippen molar-refractivity contribution >= 4 is 0 Å². The Hall–Kier alpha value is -0.920. The molecule has 1 rings (SSSR count). The maximum atomic E-state index is 9.04. The molecule has 2 heteroatoms. The number of hydrogen-bond donors (Lipinski definition) is 1. The summed E-state index contributed by atoms with van der Waals surface area (Å²) in [6.07, 6.45) is 5.53. The summed E-state index contributed by atoms with van der Waals surface area (Å²) in [6.45, 7) is 4.00.